The van der Waals surface area contributed by atoms with Gasteiger partial charge in [0.05, 0.1) is 0 Å². The topological polar surface area (TPSA) is 17.1 Å². The Kier molecular flexibility index (Phi) is 8.99. The molecule has 0 bridgehead atoms. The van der Waals surface area contributed by atoms with Crippen molar-refractivity contribution in [3.8, 4) is 0 Å². The van der Waals surface area contributed by atoms with Crippen LogP contribution in [0.25, 0.3) is 0 Å². The summed E-state index contributed by atoms with van der Waals surface area (Å²) in [6.07, 6.45) is 1.44. The Hall–Kier alpha value is -1.31. The molecule has 1 nitrogen and oxygen atoms in total. The van der Waals surface area contributed by atoms with Crippen LogP contribution in [0.15, 0.2) is 54.6 Å². The van der Waals surface area contributed by atoms with E-state index in [1.165, 1.54) is 11.1 Å². The molecule has 0 aliphatic carbocycles. The first-order valence-corrected chi connectivity index (χ1v) is 5.73. The predicted octanol–water partition coefficient (Wildman–Crippen LogP) is 3.73. The summed E-state index contributed by atoms with van der Waals surface area (Å²) in [5, 5.41) is 0. The SMILES string of the molecule is Cc1ccc(C)cc1.O=CCc1ccccc1.[V]. The molecule has 0 unspecified atom stereocenters. The Morgan fingerprint density at radius 2 is 1.28 bits per heavy atom. The first-order chi connectivity index (χ1) is 8.22. The fourth-order valence-electron chi connectivity index (χ4n) is 1.35. The number of aryl methyl sites for hydroxylation is 2. The van der Waals surface area contributed by atoms with E-state index in [2.05, 4.69) is 38.1 Å². The maximum Gasteiger partial charge on any atom is 0.124 e. The van der Waals surface area contributed by atoms with Gasteiger partial charge in [0.15, 0.2) is 0 Å². The quantitative estimate of drug-likeness (QED) is 0.764. The van der Waals surface area contributed by atoms with Crippen LogP contribution in [-0.2, 0) is 29.8 Å². The zero-order valence-corrected chi connectivity index (χ0v) is 12.2. The van der Waals surface area contributed by atoms with E-state index < -0.39 is 0 Å². The van der Waals surface area contributed by atoms with Crippen LogP contribution in [0.1, 0.15) is 16.7 Å². The van der Waals surface area contributed by atoms with Gasteiger partial charge in [-0.05, 0) is 19.4 Å². The molecule has 0 N–H and O–H groups in total. The molecule has 18 heavy (non-hydrogen) atoms. The van der Waals surface area contributed by atoms with Crippen molar-refractivity contribution in [2.24, 2.45) is 0 Å². The summed E-state index contributed by atoms with van der Waals surface area (Å²) in [5.41, 5.74) is 3.73. The minimum Gasteiger partial charge on any atom is -0.303 e. The van der Waals surface area contributed by atoms with E-state index in [9.17, 15) is 4.79 Å². The van der Waals surface area contributed by atoms with Gasteiger partial charge in [0, 0.05) is 25.0 Å². The molecule has 0 aromatic heterocycles. The minimum absolute atomic E-state index is 0. The van der Waals surface area contributed by atoms with Crippen LogP contribution in [0.5, 0.6) is 0 Å². The molecule has 0 spiro atoms. The molecular formula is C16H18OV. The maximum atomic E-state index is 9.97. The third-order valence-corrected chi connectivity index (χ3v) is 2.38. The second-order valence-corrected chi connectivity index (χ2v) is 4.01. The molecule has 0 aliphatic heterocycles. The van der Waals surface area contributed by atoms with Gasteiger partial charge in [-0.2, -0.15) is 0 Å². The van der Waals surface area contributed by atoms with Crippen molar-refractivity contribution in [1.29, 1.82) is 0 Å². The van der Waals surface area contributed by atoms with Gasteiger partial charge in [0.25, 0.3) is 0 Å². The average Bonchev–Trinajstić information content (AvgIpc) is 2.36. The Bertz CT molecular complexity index is 413. The number of rotatable bonds is 2. The summed E-state index contributed by atoms with van der Waals surface area (Å²) in [5.74, 6) is 0. The normalized spacial score (nSPS) is 8.56. The smallest absolute Gasteiger partial charge is 0.124 e. The minimum atomic E-state index is 0. The van der Waals surface area contributed by atoms with Crippen LogP contribution in [0.3, 0.4) is 0 Å². The third kappa shape index (κ3) is 7.10. The fourth-order valence-corrected chi connectivity index (χ4v) is 1.35. The summed E-state index contributed by atoms with van der Waals surface area (Å²) in [6, 6.07) is 18.2. The Morgan fingerprint density at radius 3 is 1.67 bits per heavy atom. The van der Waals surface area contributed by atoms with E-state index in [1.54, 1.807) is 0 Å². The van der Waals surface area contributed by atoms with Crippen molar-refractivity contribution >= 4 is 6.29 Å². The maximum absolute atomic E-state index is 9.97. The zero-order valence-electron chi connectivity index (χ0n) is 10.8. The molecule has 0 amide bonds. The van der Waals surface area contributed by atoms with Gasteiger partial charge in [-0.1, -0.05) is 65.7 Å². The van der Waals surface area contributed by atoms with Gasteiger partial charge in [-0.3, -0.25) is 0 Å². The molecule has 1 radical (unpaired) electrons. The van der Waals surface area contributed by atoms with Gasteiger partial charge >= 0.3 is 0 Å². The molecule has 0 heterocycles. The van der Waals surface area contributed by atoms with Crippen LogP contribution in [0, 0.1) is 13.8 Å². The summed E-state index contributed by atoms with van der Waals surface area (Å²) in [7, 11) is 0. The molecule has 0 saturated heterocycles. The van der Waals surface area contributed by atoms with Crippen molar-refractivity contribution in [2.45, 2.75) is 20.3 Å². The second-order valence-electron chi connectivity index (χ2n) is 4.01. The molecule has 0 fully saturated rings. The molecule has 2 rings (SSSR count). The predicted molar refractivity (Wildman–Crippen MR) is 72.1 cm³/mol. The van der Waals surface area contributed by atoms with Gasteiger partial charge in [0.1, 0.15) is 6.29 Å². The third-order valence-electron chi connectivity index (χ3n) is 2.38. The van der Waals surface area contributed by atoms with Crippen LogP contribution < -0.4 is 0 Å². The number of aldehydes is 1. The van der Waals surface area contributed by atoms with Crippen molar-refractivity contribution in [3.05, 3.63) is 71.3 Å². The van der Waals surface area contributed by atoms with Crippen LogP contribution >= 0.6 is 0 Å². The van der Waals surface area contributed by atoms with Crippen molar-refractivity contribution < 1.29 is 23.4 Å². The van der Waals surface area contributed by atoms with E-state index >= 15 is 0 Å². The van der Waals surface area contributed by atoms with Crippen LogP contribution in [0.2, 0.25) is 0 Å². The number of hydrogen-bond acceptors (Lipinski definition) is 1. The van der Waals surface area contributed by atoms with Crippen LogP contribution in [-0.4, -0.2) is 6.29 Å². The molecule has 2 aromatic carbocycles. The van der Waals surface area contributed by atoms with Gasteiger partial charge in [-0.25, -0.2) is 0 Å². The van der Waals surface area contributed by atoms with E-state index in [0.29, 0.717) is 6.42 Å². The first-order valence-electron chi connectivity index (χ1n) is 5.73. The number of benzene rings is 2. The number of carbonyl (C=O) groups is 1. The summed E-state index contributed by atoms with van der Waals surface area (Å²) < 4.78 is 0. The van der Waals surface area contributed by atoms with Gasteiger partial charge < -0.3 is 4.79 Å². The largest absolute Gasteiger partial charge is 0.303 e. The molecule has 0 saturated carbocycles. The Morgan fingerprint density at radius 1 is 0.833 bits per heavy atom. The molecule has 93 valence electrons. The number of hydrogen-bond donors (Lipinski definition) is 0. The van der Waals surface area contributed by atoms with E-state index in [4.69, 9.17) is 0 Å². The van der Waals surface area contributed by atoms with Gasteiger partial charge in [-0.15, -0.1) is 0 Å². The Balaban J connectivity index is 0.000000306. The monoisotopic (exact) mass is 277 g/mol. The number of carbonyl (C=O) groups excluding carboxylic acids is 1. The van der Waals surface area contributed by atoms with Crippen molar-refractivity contribution in [1.82, 2.24) is 0 Å². The molecular weight excluding hydrogens is 259 g/mol. The molecule has 2 aromatic rings. The van der Waals surface area contributed by atoms with Crippen LogP contribution in [0.4, 0.5) is 0 Å². The zero-order chi connectivity index (χ0) is 12.5. The van der Waals surface area contributed by atoms with Gasteiger partial charge in [0.2, 0.25) is 0 Å². The summed E-state index contributed by atoms with van der Waals surface area (Å²) in [4.78, 5) is 9.97. The average molecular weight is 277 g/mol. The van der Waals surface area contributed by atoms with E-state index in [1.807, 2.05) is 30.3 Å². The Labute approximate surface area is 121 Å². The second kappa shape index (κ2) is 9.70. The molecule has 2 heteroatoms. The molecule has 0 atom stereocenters. The van der Waals surface area contributed by atoms with Crippen molar-refractivity contribution in [3.63, 3.8) is 0 Å². The standard InChI is InChI=1S/C8H8O.C8H10.V/c9-7-6-8-4-2-1-3-5-8;1-7-3-5-8(2)6-4-7;/h1-5,7H,6H2;3-6H,1-2H3;. The molecule has 0 aliphatic rings. The fraction of sp³-hybridized carbons (Fsp3) is 0.188. The van der Waals surface area contributed by atoms with Crippen molar-refractivity contribution in [2.75, 3.05) is 0 Å². The summed E-state index contributed by atoms with van der Waals surface area (Å²) >= 11 is 0. The summed E-state index contributed by atoms with van der Waals surface area (Å²) in [6.45, 7) is 4.19. The van der Waals surface area contributed by atoms with E-state index in [-0.39, 0.29) is 18.6 Å². The first kappa shape index (κ1) is 16.7. The van der Waals surface area contributed by atoms with E-state index in [0.717, 1.165) is 11.8 Å².